The van der Waals surface area contributed by atoms with Crippen molar-refractivity contribution in [1.29, 1.82) is 0 Å². The molecule has 0 aliphatic carbocycles. The van der Waals surface area contributed by atoms with E-state index in [0.717, 1.165) is 28.0 Å². The number of carbonyl (C=O) groups is 2. The summed E-state index contributed by atoms with van der Waals surface area (Å²) in [5, 5.41) is 4.02. The van der Waals surface area contributed by atoms with Crippen molar-refractivity contribution >= 4 is 34.5 Å². The number of rotatable bonds is 5. The number of benzene rings is 1. The van der Waals surface area contributed by atoms with Gasteiger partial charge in [-0.25, -0.2) is 0 Å². The van der Waals surface area contributed by atoms with E-state index < -0.39 is 6.04 Å². The Bertz CT molecular complexity index is 915. The van der Waals surface area contributed by atoms with Crippen LogP contribution >= 0.6 is 11.8 Å². The van der Waals surface area contributed by atoms with Crippen LogP contribution in [-0.2, 0) is 9.59 Å². The SMILES string of the molecule is COc1ccc2oc(C(C)NC(=O)C3CSCN3C(=O)CC(C)(C)C)c(C)c2c1. The van der Waals surface area contributed by atoms with Gasteiger partial charge in [-0.15, -0.1) is 11.8 Å². The number of nitrogens with zero attached hydrogens (tertiary/aromatic N) is 1. The molecule has 158 valence electrons. The van der Waals surface area contributed by atoms with E-state index in [1.807, 2.05) is 52.8 Å². The summed E-state index contributed by atoms with van der Waals surface area (Å²) in [6.07, 6.45) is 0.428. The minimum absolute atomic E-state index is 0.0299. The molecule has 0 radical (unpaired) electrons. The molecule has 1 N–H and O–H groups in total. The molecule has 6 nitrogen and oxygen atoms in total. The minimum Gasteiger partial charge on any atom is -0.497 e. The molecular weight excluding hydrogens is 388 g/mol. The van der Waals surface area contributed by atoms with Gasteiger partial charge in [0, 0.05) is 23.1 Å². The Morgan fingerprint density at radius 1 is 1.38 bits per heavy atom. The zero-order valence-corrected chi connectivity index (χ0v) is 18.8. The average molecular weight is 419 g/mol. The summed E-state index contributed by atoms with van der Waals surface area (Å²) in [7, 11) is 1.63. The standard InChI is InChI=1S/C22H30N2O4S/c1-13-16-9-15(27-6)7-8-18(16)28-20(13)14(2)23-21(26)17-11-29-12-24(17)19(25)10-22(3,4)5/h7-9,14,17H,10-12H2,1-6H3,(H,23,26). The number of aryl methyl sites for hydroxylation is 1. The summed E-state index contributed by atoms with van der Waals surface area (Å²) in [6.45, 7) is 9.98. The minimum atomic E-state index is -0.443. The van der Waals surface area contributed by atoms with Crippen molar-refractivity contribution in [3.05, 3.63) is 29.5 Å². The topological polar surface area (TPSA) is 71.8 Å². The van der Waals surface area contributed by atoms with E-state index in [1.165, 1.54) is 0 Å². The van der Waals surface area contributed by atoms with Crippen LogP contribution in [0.1, 0.15) is 51.5 Å². The second kappa shape index (κ2) is 8.30. The van der Waals surface area contributed by atoms with Crippen LogP contribution in [0.2, 0.25) is 0 Å². The van der Waals surface area contributed by atoms with Gasteiger partial charge < -0.3 is 19.4 Å². The molecule has 2 unspecified atom stereocenters. The molecule has 2 heterocycles. The molecule has 1 aliphatic heterocycles. The molecule has 3 rings (SSSR count). The van der Waals surface area contributed by atoms with Crippen molar-refractivity contribution in [1.82, 2.24) is 10.2 Å². The normalized spacial score (nSPS) is 18.1. The van der Waals surface area contributed by atoms with Crippen LogP contribution in [0.25, 0.3) is 11.0 Å². The largest absolute Gasteiger partial charge is 0.497 e. The number of amides is 2. The van der Waals surface area contributed by atoms with Gasteiger partial charge in [0.05, 0.1) is 19.0 Å². The van der Waals surface area contributed by atoms with E-state index in [2.05, 4.69) is 5.32 Å². The van der Waals surface area contributed by atoms with Crippen LogP contribution in [0, 0.1) is 12.3 Å². The maximum Gasteiger partial charge on any atom is 0.244 e. The van der Waals surface area contributed by atoms with E-state index in [1.54, 1.807) is 23.8 Å². The first-order valence-electron chi connectivity index (χ1n) is 9.85. The molecule has 0 bridgehead atoms. The van der Waals surface area contributed by atoms with E-state index in [4.69, 9.17) is 9.15 Å². The molecule has 0 spiro atoms. The zero-order valence-electron chi connectivity index (χ0n) is 18.0. The Morgan fingerprint density at radius 3 is 2.76 bits per heavy atom. The Hall–Kier alpha value is -2.15. The van der Waals surface area contributed by atoms with Crippen LogP contribution in [0.5, 0.6) is 5.75 Å². The number of fused-ring (bicyclic) bond motifs is 1. The molecule has 7 heteroatoms. The Balaban J connectivity index is 1.74. The lowest BCUT2D eigenvalue weighted by Gasteiger charge is -2.27. The molecule has 1 aliphatic rings. The van der Waals surface area contributed by atoms with Crippen LogP contribution < -0.4 is 10.1 Å². The lowest BCUT2D eigenvalue weighted by atomic mass is 9.91. The van der Waals surface area contributed by atoms with Crippen molar-refractivity contribution in [2.24, 2.45) is 5.41 Å². The van der Waals surface area contributed by atoms with Crippen LogP contribution in [0.3, 0.4) is 0 Å². The first kappa shape index (κ1) is 21.6. The highest BCUT2D eigenvalue weighted by Gasteiger charge is 2.36. The second-order valence-electron chi connectivity index (χ2n) is 8.80. The summed E-state index contributed by atoms with van der Waals surface area (Å²) in [5.41, 5.74) is 1.64. The number of hydrogen-bond acceptors (Lipinski definition) is 5. The Labute approximate surface area is 176 Å². The third-order valence-corrected chi connectivity index (χ3v) is 6.13. The van der Waals surface area contributed by atoms with Crippen LogP contribution in [0.4, 0.5) is 0 Å². The summed E-state index contributed by atoms with van der Waals surface area (Å²) < 4.78 is 11.3. The Morgan fingerprint density at radius 2 is 2.10 bits per heavy atom. The summed E-state index contributed by atoms with van der Waals surface area (Å²) >= 11 is 1.61. The number of ether oxygens (including phenoxy) is 1. The van der Waals surface area contributed by atoms with Gasteiger partial charge >= 0.3 is 0 Å². The van der Waals surface area contributed by atoms with Gasteiger partial charge in [0.2, 0.25) is 11.8 Å². The molecule has 1 aromatic carbocycles. The predicted octanol–water partition coefficient (Wildman–Crippen LogP) is 4.26. The van der Waals surface area contributed by atoms with E-state index in [-0.39, 0.29) is 23.3 Å². The number of carbonyl (C=O) groups excluding carboxylic acids is 2. The molecule has 29 heavy (non-hydrogen) atoms. The lowest BCUT2D eigenvalue weighted by Crippen LogP contribution is -2.48. The van der Waals surface area contributed by atoms with E-state index in [0.29, 0.717) is 18.1 Å². The second-order valence-corrected chi connectivity index (χ2v) is 9.80. The molecule has 1 saturated heterocycles. The third-order valence-electron chi connectivity index (χ3n) is 5.12. The van der Waals surface area contributed by atoms with Gasteiger partial charge in [0.25, 0.3) is 0 Å². The lowest BCUT2D eigenvalue weighted by molar-refractivity contribution is -0.139. The van der Waals surface area contributed by atoms with Gasteiger partial charge in [0.15, 0.2) is 0 Å². The number of hydrogen-bond donors (Lipinski definition) is 1. The molecule has 1 aromatic heterocycles. The molecule has 2 amide bonds. The Kier molecular flexibility index (Phi) is 6.17. The van der Waals surface area contributed by atoms with E-state index >= 15 is 0 Å². The van der Waals surface area contributed by atoms with Crippen LogP contribution in [-0.4, -0.2) is 41.5 Å². The maximum absolute atomic E-state index is 13.0. The highest BCUT2D eigenvalue weighted by Crippen LogP contribution is 2.32. The van der Waals surface area contributed by atoms with Crippen molar-refractivity contribution in [3.63, 3.8) is 0 Å². The van der Waals surface area contributed by atoms with Gasteiger partial charge in [-0.05, 0) is 37.5 Å². The molecule has 2 atom stereocenters. The summed E-state index contributed by atoms with van der Waals surface area (Å²) in [5.74, 6) is 2.56. The highest BCUT2D eigenvalue weighted by molar-refractivity contribution is 7.99. The smallest absolute Gasteiger partial charge is 0.244 e. The van der Waals surface area contributed by atoms with Crippen molar-refractivity contribution in [2.75, 3.05) is 18.7 Å². The molecular formula is C22H30N2O4S. The molecule has 1 fully saturated rings. The van der Waals surface area contributed by atoms with Crippen molar-refractivity contribution in [2.45, 2.75) is 53.1 Å². The van der Waals surface area contributed by atoms with Gasteiger partial charge in [-0.3, -0.25) is 9.59 Å². The monoisotopic (exact) mass is 418 g/mol. The quantitative estimate of drug-likeness (QED) is 0.785. The maximum atomic E-state index is 13.0. The first-order valence-corrected chi connectivity index (χ1v) is 11.0. The van der Waals surface area contributed by atoms with Crippen molar-refractivity contribution in [3.8, 4) is 5.75 Å². The molecule has 2 aromatic rings. The number of methoxy groups -OCH3 is 1. The van der Waals surface area contributed by atoms with Gasteiger partial charge in [-0.1, -0.05) is 20.8 Å². The average Bonchev–Trinajstić information content (AvgIpc) is 3.25. The predicted molar refractivity (Wildman–Crippen MR) is 116 cm³/mol. The fourth-order valence-corrected chi connectivity index (χ4v) is 4.78. The fraction of sp³-hybridized carbons (Fsp3) is 0.545. The third kappa shape index (κ3) is 4.71. The van der Waals surface area contributed by atoms with Crippen LogP contribution in [0.15, 0.2) is 22.6 Å². The molecule has 0 saturated carbocycles. The number of furan rings is 1. The highest BCUT2D eigenvalue weighted by atomic mass is 32.2. The van der Waals surface area contributed by atoms with E-state index in [9.17, 15) is 9.59 Å². The number of nitrogens with one attached hydrogen (secondary N) is 1. The summed E-state index contributed by atoms with van der Waals surface area (Å²) in [6, 6.07) is 4.92. The van der Waals surface area contributed by atoms with Gasteiger partial charge in [0.1, 0.15) is 23.1 Å². The zero-order chi connectivity index (χ0) is 21.3. The van der Waals surface area contributed by atoms with Crippen molar-refractivity contribution < 1.29 is 18.7 Å². The fourth-order valence-electron chi connectivity index (χ4n) is 3.60. The first-order chi connectivity index (χ1) is 13.6. The summed E-state index contributed by atoms with van der Waals surface area (Å²) in [4.78, 5) is 27.3. The van der Waals surface area contributed by atoms with Gasteiger partial charge in [-0.2, -0.15) is 0 Å². The number of thioether (sulfide) groups is 1.